The highest BCUT2D eigenvalue weighted by atomic mass is 32.2. The molecule has 0 unspecified atom stereocenters. The summed E-state index contributed by atoms with van der Waals surface area (Å²) in [6, 6.07) is 6.72. The van der Waals surface area contributed by atoms with Crippen molar-refractivity contribution < 1.29 is 18.4 Å². The second-order valence-electron chi connectivity index (χ2n) is 7.62. The predicted octanol–water partition coefficient (Wildman–Crippen LogP) is 3.23. The predicted molar refractivity (Wildman–Crippen MR) is 116 cm³/mol. The average Bonchev–Trinajstić information content (AvgIpc) is 2.74. The summed E-state index contributed by atoms with van der Waals surface area (Å²) in [6.45, 7) is 5.35. The molecule has 1 aromatic heterocycles. The van der Waals surface area contributed by atoms with Crippen LogP contribution in [0.2, 0.25) is 0 Å². The van der Waals surface area contributed by atoms with Crippen LogP contribution >= 0.6 is 11.8 Å². The van der Waals surface area contributed by atoms with Crippen LogP contribution in [0.25, 0.3) is 0 Å². The molecule has 0 aliphatic carbocycles. The van der Waals surface area contributed by atoms with Crippen LogP contribution in [-0.4, -0.2) is 46.9 Å². The minimum atomic E-state index is -0.826. The lowest BCUT2D eigenvalue weighted by atomic mass is 9.95. The van der Waals surface area contributed by atoms with E-state index in [-0.39, 0.29) is 29.3 Å². The van der Waals surface area contributed by atoms with Crippen molar-refractivity contribution >= 4 is 35.1 Å². The van der Waals surface area contributed by atoms with Crippen molar-refractivity contribution in [2.24, 2.45) is 5.92 Å². The van der Waals surface area contributed by atoms with Crippen molar-refractivity contribution in [2.75, 3.05) is 29.1 Å². The van der Waals surface area contributed by atoms with E-state index in [0.717, 1.165) is 37.8 Å². The Morgan fingerprint density at radius 1 is 1.16 bits per heavy atom. The zero-order chi connectivity index (χ0) is 22.4. The normalized spacial score (nSPS) is 14.5. The first kappa shape index (κ1) is 22.9. The second-order valence-corrected chi connectivity index (χ2v) is 8.61. The third-order valence-corrected chi connectivity index (χ3v) is 5.72. The number of nitrogens with zero attached hydrogens (tertiary/aromatic N) is 3. The molecule has 1 saturated heterocycles. The molecular weight excluding hydrogens is 424 g/mol. The summed E-state index contributed by atoms with van der Waals surface area (Å²) in [6.07, 6.45) is 1.52. The quantitative estimate of drug-likeness (QED) is 0.631. The molecule has 1 aromatic carbocycles. The van der Waals surface area contributed by atoms with Crippen molar-refractivity contribution in [1.29, 1.82) is 0 Å². The number of amides is 2. The Bertz CT molecular complexity index is 918. The molecule has 0 atom stereocenters. The average molecular weight is 450 g/mol. The molecule has 1 aliphatic rings. The van der Waals surface area contributed by atoms with E-state index < -0.39 is 17.5 Å². The van der Waals surface area contributed by atoms with Gasteiger partial charge < -0.3 is 15.5 Å². The van der Waals surface area contributed by atoms with E-state index in [1.807, 2.05) is 19.9 Å². The maximum atomic E-state index is 13.6. The van der Waals surface area contributed by atoms with Crippen LogP contribution in [0.1, 0.15) is 26.7 Å². The molecule has 0 bridgehead atoms. The zero-order valence-electron chi connectivity index (χ0n) is 17.4. The summed E-state index contributed by atoms with van der Waals surface area (Å²) >= 11 is 1.17. The van der Waals surface area contributed by atoms with Gasteiger partial charge in [-0.1, -0.05) is 11.8 Å². The molecule has 1 fully saturated rings. The van der Waals surface area contributed by atoms with Gasteiger partial charge in [-0.25, -0.2) is 8.78 Å². The Hall–Kier alpha value is -2.75. The fourth-order valence-corrected chi connectivity index (χ4v) is 3.86. The zero-order valence-corrected chi connectivity index (χ0v) is 18.2. The van der Waals surface area contributed by atoms with Gasteiger partial charge in [0, 0.05) is 31.1 Å². The van der Waals surface area contributed by atoms with E-state index in [1.54, 1.807) is 6.07 Å². The summed E-state index contributed by atoms with van der Waals surface area (Å²) < 4.78 is 26.5. The number of piperidine rings is 1. The summed E-state index contributed by atoms with van der Waals surface area (Å²) in [5.74, 6) is -1.09. The van der Waals surface area contributed by atoms with Gasteiger partial charge in [0.05, 0.1) is 11.4 Å². The molecule has 2 heterocycles. The van der Waals surface area contributed by atoms with Crippen molar-refractivity contribution in [3.05, 3.63) is 42.0 Å². The number of carbonyl (C=O) groups is 2. The van der Waals surface area contributed by atoms with E-state index in [2.05, 4.69) is 25.7 Å². The molecule has 0 radical (unpaired) electrons. The molecule has 7 nitrogen and oxygen atoms in total. The van der Waals surface area contributed by atoms with Crippen molar-refractivity contribution in [2.45, 2.75) is 37.8 Å². The van der Waals surface area contributed by atoms with Gasteiger partial charge in [0.1, 0.15) is 16.7 Å². The standard InChI is InChI=1S/C21H25F2N5O2S/c1-13(2)24-21(30)14-7-9-28(10-8-14)18-5-6-20(27-26-18)31-12-19(29)25-17-4-3-15(22)11-16(17)23/h3-6,11,13-14H,7-10,12H2,1-2H3,(H,24,30)(H,25,29). The number of hydrogen-bond acceptors (Lipinski definition) is 6. The van der Waals surface area contributed by atoms with E-state index in [1.165, 1.54) is 17.8 Å². The third-order valence-electron chi connectivity index (χ3n) is 4.80. The number of benzene rings is 1. The number of aromatic nitrogens is 2. The van der Waals surface area contributed by atoms with Gasteiger partial charge in [-0.2, -0.15) is 0 Å². The molecular formula is C21H25F2N5O2S. The topological polar surface area (TPSA) is 87.2 Å². The smallest absolute Gasteiger partial charge is 0.234 e. The molecule has 2 N–H and O–H groups in total. The van der Waals surface area contributed by atoms with Crippen LogP contribution in [0.15, 0.2) is 35.4 Å². The maximum absolute atomic E-state index is 13.6. The summed E-state index contributed by atoms with van der Waals surface area (Å²) in [5.41, 5.74) is -0.0705. The fourth-order valence-electron chi connectivity index (χ4n) is 3.25. The summed E-state index contributed by atoms with van der Waals surface area (Å²) in [7, 11) is 0. The van der Waals surface area contributed by atoms with Gasteiger partial charge in [0.25, 0.3) is 0 Å². The van der Waals surface area contributed by atoms with Crippen molar-refractivity contribution in [3.63, 3.8) is 0 Å². The number of halogens is 2. The van der Waals surface area contributed by atoms with E-state index >= 15 is 0 Å². The second kappa shape index (κ2) is 10.5. The first-order chi connectivity index (χ1) is 14.8. The maximum Gasteiger partial charge on any atom is 0.234 e. The number of hydrogen-bond donors (Lipinski definition) is 2. The minimum Gasteiger partial charge on any atom is -0.355 e. The Kier molecular flexibility index (Phi) is 7.78. The SMILES string of the molecule is CC(C)NC(=O)C1CCN(c2ccc(SCC(=O)Nc3ccc(F)cc3F)nn2)CC1. The van der Waals surface area contributed by atoms with Gasteiger partial charge in [-0.05, 0) is 51.0 Å². The Morgan fingerprint density at radius 3 is 2.52 bits per heavy atom. The molecule has 1 aliphatic heterocycles. The molecule has 2 amide bonds. The molecule has 0 spiro atoms. The lowest BCUT2D eigenvalue weighted by Gasteiger charge is -2.32. The molecule has 3 rings (SSSR count). The Labute approximate surface area is 184 Å². The largest absolute Gasteiger partial charge is 0.355 e. The van der Waals surface area contributed by atoms with Crippen molar-refractivity contribution in [1.82, 2.24) is 15.5 Å². The molecule has 166 valence electrons. The van der Waals surface area contributed by atoms with E-state index in [9.17, 15) is 18.4 Å². The van der Waals surface area contributed by atoms with Crippen molar-refractivity contribution in [3.8, 4) is 0 Å². The number of rotatable bonds is 7. The Morgan fingerprint density at radius 2 is 1.90 bits per heavy atom. The lowest BCUT2D eigenvalue weighted by molar-refractivity contribution is -0.126. The third kappa shape index (κ3) is 6.61. The Balaban J connectivity index is 1.46. The molecule has 0 saturated carbocycles. The fraction of sp³-hybridized carbons (Fsp3) is 0.429. The summed E-state index contributed by atoms with van der Waals surface area (Å²) in [5, 5.41) is 14.3. The first-order valence-corrected chi connectivity index (χ1v) is 11.1. The molecule has 2 aromatic rings. The number of anilines is 2. The van der Waals surface area contributed by atoms with Crippen LogP contribution in [-0.2, 0) is 9.59 Å². The van der Waals surface area contributed by atoms with Gasteiger partial charge >= 0.3 is 0 Å². The summed E-state index contributed by atoms with van der Waals surface area (Å²) in [4.78, 5) is 26.2. The van der Waals surface area contributed by atoms with Gasteiger partial charge in [0.2, 0.25) is 11.8 Å². The van der Waals surface area contributed by atoms with Crippen LogP contribution in [0.4, 0.5) is 20.3 Å². The van der Waals surface area contributed by atoms with Crippen LogP contribution in [0, 0.1) is 17.6 Å². The first-order valence-electron chi connectivity index (χ1n) is 10.1. The monoisotopic (exact) mass is 449 g/mol. The number of nitrogens with one attached hydrogen (secondary N) is 2. The van der Waals surface area contributed by atoms with Gasteiger partial charge in [0.15, 0.2) is 5.82 Å². The highest BCUT2D eigenvalue weighted by molar-refractivity contribution is 7.99. The number of carbonyl (C=O) groups excluding carboxylic acids is 2. The van der Waals surface area contributed by atoms with Gasteiger partial charge in [-0.3, -0.25) is 9.59 Å². The number of thioether (sulfide) groups is 1. The van der Waals surface area contributed by atoms with Crippen LogP contribution in [0.5, 0.6) is 0 Å². The van der Waals surface area contributed by atoms with Crippen LogP contribution < -0.4 is 15.5 Å². The lowest BCUT2D eigenvalue weighted by Crippen LogP contribution is -2.42. The molecule has 31 heavy (non-hydrogen) atoms. The van der Waals surface area contributed by atoms with E-state index in [4.69, 9.17) is 0 Å². The van der Waals surface area contributed by atoms with Gasteiger partial charge in [-0.15, -0.1) is 10.2 Å². The highest BCUT2D eigenvalue weighted by Crippen LogP contribution is 2.23. The highest BCUT2D eigenvalue weighted by Gasteiger charge is 2.26. The minimum absolute atomic E-state index is 0.0151. The molecule has 10 heteroatoms. The van der Waals surface area contributed by atoms with Crippen LogP contribution in [0.3, 0.4) is 0 Å². The van der Waals surface area contributed by atoms with E-state index in [0.29, 0.717) is 11.1 Å².